The van der Waals surface area contributed by atoms with E-state index in [2.05, 4.69) is 65.2 Å². The zero-order chi connectivity index (χ0) is 22.0. The van der Waals surface area contributed by atoms with E-state index in [4.69, 9.17) is 0 Å². The molecule has 1 aliphatic rings. The van der Waals surface area contributed by atoms with Crippen molar-refractivity contribution in [2.24, 2.45) is 5.92 Å². The molecule has 2 aromatic heterocycles. The average molecular weight is 438 g/mol. The van der Waals surface area contributed by atoms with Crippen molar-refractivity contribution in [3.8, 4) is 0 Å². The molecule has 0 saturated carbocycles. The maximum absolute atomic E-state index is 12.8. The summed E-state index contributed by atoms with van der Waals surface area (Å²) in [6, 6.07) is 8.23. The average Bonchev–Trinajstić information content (AvgIpc) is 3.07. The van der Waals surface area contributed by atoms with E-state index in [-0.39, 0.29) is 11.8 Å². The second-order valence-electron chi connectivity index (χ2n) is 8.66. The minimum Gasteiger partial charge on any atom is -0.356 e. The van der Waals surface area contributed by atoms with Crippen LogP contribution in [0.25, 0.3) is 10.2 Å². The summed E-state index contributed by atoms with van der Waals surface area (Å²) in [7, 11) is 4.16. The standard InChI is InChI=1S/C24H31N5OS/c1-16-17(2)31-24-21(16)22(25-15-26-24)29-13-10-19(11-14-29)23(30)27-20-7-5-18(6-8-20)9-12-28(3)4/h5-8,15,19H,9-14H2,1-4H3,(H,27,30). The number of aryl methyl sites for hydroxylation is 2. The number of anilines is 2. The molecular weight excluding hydrogens is 406 g/mol. The van der Waals surface area contributed by atoms with Gasteiger partial charge in [0, 0.05) is 36.1 Å². The molecule has 3 heterocycles. The Labute approximate surface area is 188 Å². The number of nitrogens with one attached hydrogen (secondary N) is 1. The number of fused-ring (bicyclic) bond motifs is 1. The summed E-state index contributed by atoms with van der Waals surface area (Å²) in [4.78, 5) is 28.7. The quantitative estimate of drug-likeness (QED) is 0.624. The van der Waals surface area contributed by atoms with Crippen LogP contribution in [0.1, 0.15) is 28.8 Å². The van der Waals surface area contributed by atoms with Gasteiger partial charge < -0.3 is 15.1 Å². The Morgan fingerprint density at radius 3 is 2.55 bits per heavy atom. The Balaban J connectivity index is 1.35. The van der Waals surface area contributed by atoms with Gasteiger partial charge >= 0.3 is 0 Å². The van der Waals surface area contributed by atoms with E-state index in [1.165, 1.54) is 21.4 Å². The second kappa shape index (κ2) is 9.32. The molecule has 164 valence electrons. The lowest BCUT2D eigenvalue weighted by Gasteiger charge is -2.32. The van der Waals surface area contributed by atoms with Gasteiger partial charge in [-0.2, -0.15) is 0 Å². The highest BCUT2D eigenvalue weighted by molar-refractivity contribution is 7.18. The Kier molecular flexibility index (Phi) is 6.53. The number of likely N-dealkylation sites (N-methyl/N-ethyl adjacent to an activating group) is 1. The lowest BCUT2D eigenvalue weighted by Crippen LogP contribution is -2.38. The van der Waals surface area contributed by atoms with Crippen LogP contribution in [0, 0.1) is 19.8 Å². The van der Waals surface area contributed by atoms with Gasteiger partial charge in [-0.15, -0.1) is 11.3 Å². The van der Waals surface area contributed by atoms with Gasteiger partial charge in [-0.05, 0) is 70.5 Å². The van der Waals surface area contributed by atoms with Gasteiger partial charge in [-0.25, -0.2) is 9.97 Å². The number of benzene rings is 1. The molecule has 0 radical (unpaired) electrons. The van der Waals surface area contributed by atoms with Crippen LogP contribution in [0.2, 0.25) is 0 Å². The first kappa shape index (κ1) is 21.7. The first-order valence-electron chi connectivity index (χ1n) is 10.9. The van der Waals surface area contributed by atoms with Crippen molar-refractivity contribution in [3.63, 3.8) is 0 Å². The van der Waals surface area contributed by atoms with E-state index in [0.29, 0.717) is 0 Å². The largest absolute Gasteiger partial charge is 0.356 e. The van der Waals surface area contributed by atoms with Crippen molar-refractivity contribution in [2.45, 2.75) is 33.1 Å². The third-order valence-electron chi connectivity index (χ3n) is 6.18. The highest BCUT2D eigenvalue weighted by Gasteiger charge is 2.27. The highest BCUT2D eigenvalue weighted by Crippen LogP contribution is 2.35. The Hall–Kier alpha value is -2.51. The summed E-state index contributed by atoms with van der Waals surface area (Å²) in [5.74, 6) is 1.17. The number of amides is 1. The van der Waals surface area contributed by atoms with Crippen molar-refractivity contribution in [1.82, 2.24) is 14.9 Å². The molecule has 0 unspecified atom stereocenters. The van der Waals surface area contributed by atoms with Crippen LogP contribution in [0.3, 0.4) is 0 Å². The first-order valence-corrected chi connectivity index (χ1v) is 11.7. The fourth-order valence-corrected chi connectivity index (χ4v) is 5.10. The van der Waals surface area contributed by atoms with Crippen LogP contribution >= 0.6 is 11.3 Å². The summed E-state index contributed by atoms with van der Waals surface area (Å²) in [6.07, 6.45) is 4.34. The number of thiophene rings is 1. The lowest BCUT2D eigenvalue weighted by molar-refractivity contribution is -0.120. The van der Waals surface area contributed by atoms with Crippen molar-refractivity contribution in [3.05, 3.63) is 46.6 Å². The van der Waals surface area contributed by atoms with Gasteiger partial charge in [0.15, 0.2) is 0 Å². The topological polar surface area (TPSA) is 61.4 Å². The molecule has 0 bridgehead atoms. The van der Waals surface area contributed by atoms with Crippen LogP contribution in [0.4, 0.5) is 11.5 Å². The molecule has 1 aliphatic heterocycles. The SMILES string of the molecule is Cc1sc2ncnc(N3CCC(C(=O)Nc4ccc(CCN(C)C)cc4)CC3)c2c1C. The van der Waals surface area contributed by atoms with E-state index < -0.39 is 0 Å². The van der Waals surface area contributed by atoms with Crippen molar-refractivity contribution < 1.29 is 4.79 Å². The summed E-state index contributed by atoms with van der Waals surface area (Å²) in [5, 5.41) is 4.28. The monoisotopic (exact) mass is 437 g/mol. The van der Waals surface area contributed by atoms with E-state index in [9.17, 15) is 4.79 Å². The molecule has 1 fully saturated rings. The van der Waals surface area contributed by atoms with E-state index in [1.807, 2.05) is 12.1 Å². The molecule has 1 saturated heterocycles. The van der Waals surface area contributed by atoms with Crippen LogP contribution in [0.5, 0.6) is 0 Å². The van der Waals surface area contributed by atoms with Gasteiger partial charge in [0.05, 0.1) is 5.39 Å². The van der Waals surface area contributed by atoms with E-state index in [0.717, 1.165) is 55.2 Å². The number of carbonyl (C=O) groups excluding carboxylic acids is 1. The normalized spacial score (nSPS) is 15.1. The number of piperidine rings is 1. The van der Waals surface area contributed by atoms with Crippen LogP contribution in [-0.4, -0.2) is 54.5 Å². The second-order valence-corrected chi connectivity index (χ2v) is 9.86. The number of aromatic nitrogens is 2. The molecule has 6 nitrogen and oxygen atoms in total. The van der Waals surface area contributed by atoms with Gasteiger partial charge in [-0.3, -0.25) is 4.79 Å². The number of rotatable bonds is 6. The number of carbonyl (C=O) groups is 1. The molecule has 0 atom stereocenters. The zero-order valence-electron chi connectivity index (χ0n) is 18.8. The summed E-state index contributed by atoms with van der Waals surface area (Å²) in [6.45, 7) is 6.97. The number of nitrogens with zero attached hydrogens (tertiary/aromatic N) is 4. The smallest absolute Gasteiger partial charge is 0.227 e. The maximum Gasteiger partial charge on any atom is 0.227 e. The Morgan fingerprint density at radius 1 is 1.16 bits per heavy atom. The maximum atomic E-state index is 12.8. The summed E-state index contributed by atoms with van der Waals surface area (Å²) < 4.78 is 0. The third-order valence-corrected chi connectivity index (χ3v) is 7.30. The predicted octanol–water partition coefficient (Wildman–Crippen LogP) is 4.27. The van der Waals surface area contributed by atoms with Crippen molar-refractivity contribution >= 4 is 39.0 Å². The minimum absolute atomic E-state index is 0.0345. The number of hydrogen-bond donors (Lipinski definition) is 1. The van der Waals surface area contributed by atoms with Gasteiger partial charge in [0.25, 0.3) is 0 Å². The fraction of sp³-hybridized carbons (Fsp3) is 0.458. The molecule has 31 heavy (non-hydrogen) atoms. The summed E-state index contributed by atoms with van der Waals surface area (Å²) >= 11 is 1.72. The third kappa shape index (κ3) is 4.88. The van der Waals surface area contributed by atoms with Crippen molar-refractivity contribution in [2.75, 3.05) is 43.9 Å². The molecule has 4 rings (SSSR count). The van der Waals surface area contributed by atoms with Crippen LogP contribution in [0.15, 0.2) is 30.6 Å². The number of hydrogen-bond acceptors (Lipinski definition) is 6. The van der Waals surface area contributed by atoms with E-state index in [1.54, 1.807) is 17.7 Å². The summed E-state index contributed by atoms with van der Waals surface area (Å²) in [5.41, 5.74) is 3.43. The predicted molar refractivity (Wildman–Crippen MR) is 129 cm³/mol. The highest BCUT2D eigenvalue weighted by atomic mass is 32.1. The molecule has 1 N–H and O–H groups in total. The zero-order valence-corrected chi connectivity index (χ0v) is 19.6. The van der Waals surface area contributed by atoms with Gasteiger partial charge in [0.1, 0.15) is 17.0 Å². The Morgan fingerprint density at radius 2 is 1.87 bits per heavy atom. The minimum atomic E-state index is 0.0345. The first-order chi connectivity index (χ1) is 14.9. The molecule has 1 aromatic carbocycles. The van der Waals surface area contributed by atoms with Crippen LogP contribution < -0.4 is 10.2 Å². The Bertz CT molecular complexity index is 1050. The molecule has 1 amide bonds. The molecule has 3 aromatic rings. The van der Waals surface area contributed by atoms with E-state index >= 15 is 0 Å². The lowest BCUT2D eigenvalue weighted by atomic mass is 9.95. The van der Waals surface area contributed by atoms with Crippen LogP contribution in [-0.2, 0) is 11.2 Å². The molecule has 0 aliphatic carbocycles. The molecule has 0 spiro atoms. The van der Waals surface area contributed by atoms with Gasteiger partial charge in [0.2, 0.25) is 5.91 Å². The van der Waals surface area contributed by atoms with Gasteiger partial charge in [-0.1, -0.05) is 12.1 Å². The fourth-order valence-electron chi connectivity index (χ4n) is 4.11. The van der Waals surface area contributed by atoms with Crippen molar-refractivity contribution in [1.29, 1.82) is 0 Å². The molecular formula is C24H31N5OS. The molecule has 7 heteroatoms.